The molecular formula is C16H21N3O6. The Morgan fingerprint density at radius 2 is 1.40 bits per heavy atom. The lowest BCUT2D eigenvalue weighted by Crippen LogP contribution is -2.34. The van der Waals surface area contributed by atoms with E-state index in [1.807, 2.05) is 6.92 Å². The second kappa shape index (κ2) is 10.3. The van der Waals surface area contributed by atoms with Gasteiger partial charge in [0.05, 0.1) is 37.6 Å². The Morgan fingerprint density at radius 3 is 1.80 bits per heavy atom. The smallest absolute Gasteiger partial charge is 0.317 e. The molecule has 0 aliphatic carbocycles. The fraction of sp³-hybridized carbons (Fsp3) is 0.438. The molecule has 25 heavy (non-hydrogen) atoms. The molecule has 9 heteroatoms. The third-order valence-electron chi connectivity index (χ3n) is 3.23. The molecule has 2 N–H and O–H groups in total. The summed E-state index contributed by atoms with van der Waals surface area (Å²) in [5.74, 6) is -2.26. The van der Waals surface area contributed by atoms with E-state index in [1.165, 1.54) is 4.90 Å². The first kappa shape index (κ1) is 20.4. The highest BCUT2D eigenvalue weighted by Gasteiger charge is 2.15. The minimum absolute atomic E-state index is 0.0641. The molecule has 0 spiro atoms. The van der Waals surface area contributed by atoms with E-state index in [1.54, 1.807) is 17.0 Å². The van der Waals surface area contributed by atoms with E-state index in [9.17, 15) is 19.2 Å². The molecule has 0 unspecified atom stereocenters. The average molecular weight is 351 g/mol. The number of pyridine rings is 1. The van der Waals surface area contributed by atoms with E-state index >= 15 is 0 Å². The van der Waals surface area contributed by atoms with E-state index in [2.05, 4.69) is 4.98 Å². The Balaban J connectivity index is 2.93. The van der Waals surface area contributed by atoms with Crippen LogP contribution < -0.4 is 0 Å². The third-order valence-corrected chi connectivity index (χ3v) is 3.23. The van der Waals surface area contributed by atoms with Gasteiger partial charge in [0.25, 0.3) is 0 Å². The van der Waals surface area contributed by atoms with E-state index in [-0.39, 0.29) is 26.2 Å². The Bertz CT molecular complexity index is 608. The highest BCUT2D eigenvalue weighted by molar-refractivity contribution is 5.72. The molecule has 0 saturated carbocycles. The highest BCUT2D eigenvalue weighted by atomic mass is 16.4. The molecule has 0 aliphatic rings. The Hall–Kier alpha value is -2.65. The maximum atomic E-state index is 10.9. The summed E-state index contributed by atoms with van der Waals surface area (Å²) in [6, 6.07) is 3.54. The predicted octanol–water partition coefficient (Wildman–Crippen LogP) is -0.439. The van der Waals surface area contributed by atoms with Gasteiger partial charge in [-0.1, -0.05) is 0 Å². The number of aldehydes is 2. The summed E-state index contributed by atoms with van der Waals surface area (Å²) in [6.45, 7) is 1.52. The normalized spacial score (nSPS) is 10.8. The van der Waals surface area contributed by atoms with Gasteiger partial charge in [-0.3, -0.25) is 24.4 Å². The standard InChI is InChI=1S/C16H21N3O6/c1-12-6-13(8-18(2-4-20)3-5-21)17-14(7-12)9-19(10-15(22)23)11-16(24)25/h4-7H,2-3,8-11H2,1H3,(H,22,23)(H,24,25). The van der Waals surface area contributed by atoms with Crippen LogP contribution in [-0.2, 0) is 32.3 Å². The quantitative estimate of drug-likeness (QED) is 0.482. The van der Waals surface area contributed by atoms with Crippen molar-refractivity contribution in [3.63, 3.8) is 0 Å². The Labute approximate surface area is 144 Å². The molecule has 0 aromatic carbocycles. The fourth-order valence-corrected chi connectivity index (χ4v) is 2.40. The number of carbonyl (C=O) groups excluding carboxylic acids is 2. The highest BCUT2D eigenvalue weighted by Crippen LogP contribution is 2.10. The molecule has 1 heterocycles. The van der Waals surface area contributed by atoms with Crippen LogP contribution >= 0.6 is 0 Å². The molecule has 9 nitrogen and oxygen atoms in total. The van der Waals surface area contributed by atoms with Gasteiger partial charge in [0.2, 0.25) is 0 Å². The first-order chi connectivity index (χ1) is 11.8. The van der Waals surface area contributed by atoms with Gasteiger partial charge in [-0.15, -0.1) is 0 Å². The van der Waals surface area contributed by atoms with Crippen LogP contribution in [0.15, 0.2) is 12.1 Å². The number of aliphatic carboxylic acids is 2. The lowest BCUT2D eigenvalue weighted by Gasteiger charge is -2.20. The molecule has 1 aromatic heterocycles. The molecule has 0 atom stereocenters. The van der Waals surface area contributed by atoms with E-state index in [4.69, 9.17) is 10.2 Å². The molecule has 0 bridgehead atoms. The SMILES string of the molecule is Cc1cc(CN(CC=O)CC=O)nc(CN(CC(=O)O)CC(=O)O)c1. The van der Waals surface area contributed by atoms with Crippen molar-refractivity contribution in [1.82, 2.24) is 14.8 Å². The van der Waals surface area contributed by atoms with Gasteiger partial charge in [0, 0.05) is 13.1 Å². The number of carbonyl (C=O) groups is 4. The van der Waals surface area contributed by atoms with Crippen LogP contribution in [0, 0.1) is 6.92 Å². The maximum Gasteiger partial charge on any atom is 0.317 e. The van der Waals surface area contributed by atoms with Gasteiger partial charge in [0.15, 0.2) is 0 Å². The molecule has 0 radical (unpaired) electrons. The van der Waals surface area contributed by atoms with E-state index in [0.29, 0.717) is 24.0 Å². The van der Waals surface area contributed by atoms with Crippen molar-refractivity contribution in [3.8, 4) is 0 Å². The monoisotopic (exact) mass is 351 g/mol. The summed E-state index contributed by atoms with van der Waals surface area (Å²) in [5.41, 5.74) is 2.00. The van der Waals surface area contributed by atoms with Crippen molar-refractivity contribution in [3.05, 3.63) is 29.1 Å². The zero-order chi connectivity index (χ0) is 18.8. The fourth-order valence-electron chi connectivity index (χ4n) is 2.40. The molecule has 0 amide bonds. The summed E-state index contributed by atoms with van der Waals surface area (Å²) in [5, 5.41) is 17.8. The first-order valence-corrected chi connectivity index (χ1v) is 7.56. The van der Waals surface area contributed by atoms with Crippen molar-refractivity contribution in [1.29, 1.82) is 0 Å². The van der Waals surface area contributed by atoms with Crippen molar-refractivity contribution in [2.75, 3.05) is 26.2 Å². The topological polar surface area (TPSA) is 128 Å². The summed E-state index contributed by atoms with van der Waals surface area (Å²) < 4.78 is 0. The summed E-state index contributed by atoms with van der Waals surface area (Å²) in [4.78, 5) is 50.3. The Morgan fingerprint density at radius 1 is 0.960 bits per heavy atom. The predicted molar refractivity (Wildman–Crippen MR) is 86.9 cm³/mol. The van der Waals surface area contributed by atoms with Gasteiger partial charge in [0.1, 0.15) is 12.6 Å². The zero-order valence-corrected chi connectivity index (χ0v) is 13.9. The third kappa shape index (κ3) is 8.13. The second-order valence-corrected chi connectivity index (χ2v) is 5.59. The molecule has 0 saturated heterocycles. The van der Waals surface area contributed by atoms with Crippen LogP contribution in [0.4, 0.5) is 0 Å². The lowest BCUT2D eigenvalue weighted by molar-refractivity contribution is -0.142. The first-order valence-electron chi connectivity index (χ1n) is 7.56. The number of aryl methyl sites for hydroxylation is 1. The van der Waals surface area contributed by atoms with Gasteiger partial charge in [-0.05, 0) is 24.6 Å². The minimum Gasteiger partial charge on any atom is -0.480 e. The minimum atomic E-state index is -1.13. The number of nitrogens with zero attached hydrogens (tertiary/aromatic N) is 3. The molecular weight excluding hydrogens is 330 g/mol. The van der Waals surface area contributed by atoms with E-state index in [0.717, 1.165) is 5.56 Å². The summed E-state index contributed by atoms with van der Waals surface area (Å²) in [7, 11) is 0. The van der Waals surface area contributed by atoms with Crippen molar-refractivity contribution in [2.24, 2.45) is 0 Å². The number of carboxylic acids is 2. The van der Waals surface area contributed by atoms with Crippen molar-refractivity contribution < 1.29 is 29.4 Å². The number of carboxylic acid groups (broad SMARTS) is 2. The van der Waals surface area contributed by atoms with Gasteiger partial charge in [-0.25, -0.2) is 0 Å². The molecule has 1 rings (SSSR count). The van der Waals surface area contributed by atoms with Crippen LogP contribution in [0.1, 0.15) is 17.0 Å². The number of hydrogen-bond acceptors (Lipinski definition) is 7. The molecule has 0 aliphatic heterocycles. The van der Waals surface area contributed by atoms with Gasteiger partial charge in [-0.2, -0.15) is 0 Å². The van der Waals surface area contributed by atoms with Crippen LogP contribution in [-0.4, -0.2) is 75.7 Å². The summed E-state index contributed by atoms with van der Waals surface area (Å²) >= 11 is 0. The summed E-state index contributed by atoms with van der Waals surface area (Å²) in [6.07, 6.45) is 1.39. The molecule has 0 fully saturated rings. The Kier molecular flexibility index (Phi) is 8.37. The zero-order valence-electron chi connectivity index (χ0n) is 13.9. The van der Waals surface area contributed by atoms with Crippen LogP contribution in [0.25, 0.3) is 0 Å². The van der Waals surface area contributed by atoms with Crippen LogP contribution in [0.3, 0.4) is 0 Å². The molecule has 1 aromatic rings. The van der Waals surface area contributed by atoms with Crippen molar-refractivity contribution >= 4 is 24.5 Å². The van der Waals surface area contributed by atoms with Crippen LogP contribution in [0.2, 0.25) is 0 Å². The average Bonchev–Trinajstić information content (AvgIpc) is 2.45. The van der Waals surface area contributed by atoms with Gasteiger partial charge < -0.3 is 19.8 Å². The largest absolute Gasteiger partial charge is 0.480 e. The molecule has 136 valence electrons. The second-order valence-electron chi connectivity index (χ2n) is 5.59. The number of rotatable bonds is 12. The number of hydrogen-bond donors (Lipinski definition) is 2. The van der Waals surface area contributed by atoms with Crippen LogP contribution in [0.5, 0.6) is 0 Å². The number of aromatic nitrogens is 1. The maximum absolute atomic E-state index is 10.9. The van der Waals surface area contributed by atoms with Gasteiger partial charge >= 0.3 is 11.9 Å². The van der Waals surface area contributed by atoms with E-state index < -0.39 is 25.0 Å². The van der Waals surface area contributed by atoms with Crippen molar-refractivity contribution in [2.45, 2.75) is 20.0 Å². The lowest BCUT2D eigenvalue weighted by atomic mass is 10.2.